The first-order valence-corrected chi connectivity index (χ1v) is 9.45. The normalized spacial score (nSPS) is 12.8. The van der Waals surface area contributed by atoms with Gasteiger partial charge in [0.05, 0.1) is 17.7 Å². The van der Waals surface area contributed by atoms with Crippen molar-refractivity contribution in [2.45, 2.75) is 31.1 Å². The third-order valence-corrected chi connectivity index (χ3v) is 4.78. The molecule has 0 aliphatic rings. The molecule has 0 fully saturated rings. The van der Waals surface area contributed by atoms with Gasteiger partial charge in [0.15, 0.2) is 0 Å². The molecule has 1 aromatic rings. The van der Waals surface area contributed by atoms with Crippen molar-refractivity contribution in [2.24, 2.45) is 5.73 Å². The number of nitrogens with one attached hydrogen (secondary N) is 1. The summed E-state index contributed by atoms with van der Waals surface area (Å²) in [4.78, 5) is 23.5. The molecule has 0 aliphatic heterocycles. The van der Waals surface area contributed by atoms with Gasteiger partial charge in [0, 0.05) is 0 Å². The smallest absolute Gasteiger partial charge is 0.217 e. The molecule has 0 heterocycles. The van der Waals surface area contributed by atoms with Crippen molar-refractivity contribution in [1.29, 1.82) is 0 Å². The zero-order valence-corrected chi connectivity index (χ0v) is 14.3. The van der Waals surface area contributed by atoms with E-state index in [0.29, 0.717) is 24.9 Å². The Hall–Kier alpha value is -1.28. The maximum absolute atomic E-state index is 12.2. The van der Waals surface area contributed by atoms with Gasteiger partial charge in [-0.25, -0.2) is 13.1 Å². The van der Waals surface area contributed by atoms with E-state index in [0.717, 1.165) is 0 Å². The van der Waals surface area contributed by atoms with Gasteiger partial charge in [0.2, 0.25) is 21.6 Å². The Morgan fingerprint density at radius 1 is 1.17 bits per heavy atom. The molecule has 128 valence electrons. The molecule has 3 N–H and O–H groups in total. The molecule has 0 spiro atoms. The van der Waals surface area contributed by atoms with Crippen LogP contribution in [0.25, 0.3) is 0 Å². The number of carbonyl (C=O) groups excluding carboxylic acids is 2. The fraction of sp³-hybridized carbons (Fsp3) is 0.467. The summed E-state index contributed by atoms with van der Waals surface area (Å²) >= 11 is 5.39. The Morgan fingerprint density at radius 3 is 2.39 bits per heavy atom. The summed E-state index contributed by atoms with van der Waals surface area (Å²) in [6, 6.07) is 7.49. The van der Waals surface area contributed by atoms with E-state index in [-0.39, 0.29) is 12.2 Å². The molecule has 0 bridgehead atoms. The van der Waals surface area contributed by atoms with Crippen LogP contribution in [0, 0.1) is 0 Å². The number of alkyl halides is 1. The maximum Gasteiger partial charge on any atom is 0.217 e. The summed E-state index contributed by atoms with van der Waals surface area (Å²) in [7, 11) is -3.76. The molecule has 0 unspecified atom stereocenters. The average Bonchev–Trinajstić information content (AvgIpc) is 2.53. The number of sulfonamides is 1. The average molecular weight is 361 g/mol. The van der Waals surface area contributed by atoms with Crippen molar-refractivity contribution in [1.82, 2.24) is 4.72 Å². The predicted molar refractivity (Wildman–Crippen MR) is 89.6 cm³/mol. The lowest BCUT2D eigenvalue weighted by atomic mass is 10.0. The first kappa shape index (κ1) is 19.8. The van der Waals surface area contributed by atoms with Gasteiger partial charge in [-0.05, 0) is 24.9 Å². The van der Waals surface area contributed by atoms with E-state index in [1.165, 1.54) is 0 Å². The highest BCUT2D eigenvalue weighted by Gasteiger charge is 2.28. The van der Waals surface area contributed by atoms with Crippen molar-refractivity contribution in [3.05, 3.63) is 35.9 Å². The van der Waals surface area contributed by atoms with E-state index in [9.17, 15) is 18.0 Å². The van der Waals surface area contributed by atoms with Crippen LogP contribution in [0.5, 0.6) is 0 Å². The molecule has 1 aromatic carbocycles. The number of nitrogens with two attached hydrogens (primary N) is 1. The molecular formula is C15H21ClN2O4S. The van der Waals surface area contributed by atoms with Gasteiger partial charge in [-0.15, -0.1) is 11.6 Å². The van der Waals surface area contributed by atoms with E-state index in [1.54, 1.807) is 30.3 Å². The van der Waals surface area contributed by atoms with Crippen LogP contribution in [-0.4, -0.2) is 38.5 Å². The molecule has 6 nitrogen and oxygen atoms in total. The largest absolute Gasteiger partial charge is 0.330 e. The summed E-state index contributed by atoms with van der Waals surface area (Å²) in [5.41, 5.74) is 5.99. The SMILES string of the molecule is NCCCC[C@H](NS(=O)(=O)Cc1ccccc1)C(=O)C(=O)CCl. The predicted octanol–water partition coefficient (Wildman–Crippen LogP) is 0.981. The molecule has 0 saturated carbocycles. The zero-order chi connectivity index (χ0) is 17.3. The molecular weight excluding hydrogens is 340 g/mol. The van der Waals surface area contributed by atoms with Crippen molar-refractivity contribution in [3.8, 4) is 0 Å². The molecule has 8 heteroatoms. The third-order valence-electron chi connectivity index (χ3n) is 3.18. The molecule has 0 aromatic heterocycles. The monoisotopic (exact) mass is 360 g/mol. The number of hydrogen-bond donors (Lipinski definition) is 2. The van der Waals surface area contributed by atoms with Gasteiger partial charge in [-0.3, -0.25) is 9.59 Å². The van der Waals surface area contributed by atoms with Crippen LogP contribution in [0.3, 0.4) is 0 Å². The molecule has 0 saturated heterocycles. The van der Waals surface area contributed by atoms with Gasteiger partial charge in [-0.2, -0.15) is 0 Å². The zero-order valence-electron chi connectivity index (χ0n) is 12.7. The number of ketones is 2. The number of rotatable bonds is 11. The summed E-state index contributed by atoms with van der Waals surface area (Å²) in [6.07, 6.45) is 1.39. The first-order chi connectivity index (χ1) is 10.9. The van der Waals surface area contributed by atoms with Crippen LogP contribution in [0.2, 0.25) is 0 Å². The van der Waals surface area contributed by atoms with E-state index in [4.69, 9.17) is 17.3 Å². The summed E-state index contributed by atoms with van der Waals surface area (Å²) < 4.78 is 26.8. The second kappa shape index (κ2) is 9.77. The first-order valence-electron chi connectivity index (χ1n) is 7.26. The minimum atomic E-state index is -3.76. The lowest BCUT2D eigenvalue weighted by Gasteiger charge is -2.16. The molecule has 1 atom stereocenters. The summed E-state index contributed by atoms with van der Waals surface area (Å²) in [6.45, 7) is 0.432. The summed E-state index contributed by atoms with van der Waals surface area (Å²) in [5, 5.41) is 0. The lowest BCUT2D eigenvalue weighted by molar-refractivity contribution is -0.136. The highest BCUT2D eigenvalue weighted by Crippen LogP contribution is 2.09. The Morgan fingerprint density at radius 2 is 1.83 bits per heavy atom. The second-order valence-electron chi connectivity index (χ2n) is 5.12. The standard InChI is InChI=1S/C15H21ClN2O4S/c16-10-14(19)15(20)13(8-4-5-9-17)18-23(21,22)11-12-6-2-1-3-7-12/h1-3,6-7,13,18H,4-5,8-11,17H2/t13-/m0/s1. The van der Waals surface area contributed by atoms with Gasteiger partial charge in [0.1, 0.15) is 0 Å². The molecule has 23 heavy (non-hydrogen) atoms. The Bertz CT molecular complexity index is 620. The van der Waals surface area contributed by atoms with Crippen LogP contribution in [0.1, 0.15) is 24.8 Å². The van der Waals surface area contributed by atoms with Gasteiger partial charge in [-0.1, -0.05) is 36.8 Å². The second-order valence-corrected chi connectivity index (χ2v) is 7.14. The number of hydrogen-bond acceptors (Lipinski definition) is 5. The molecule has 1 rings (SSSR count). The fourth-order valence-electron chi connectivity index (χ4n) is 2.05. The van der Waals surface area contributed by atoms with Crippen molar-refractivity contribution in [2.75, 3.05) is 12.4 Å². The van der Waals surface area contributed by atoms with Gasteiger partial charge in [0.25, 0.3) is 0 Å². The van der Waals surface area contributed by atoms with Crippen molar-refractivity contribution < 1.29 is 18.0 Å². The topological polar surface area (TPSA) is 106 Å². The number of Topliss-reactive ketones (excluding diaryl/α,β-unsaturated/α-hetero) is 2. The summed E-state index contributed by atoms with van der Waals surface area (Å²) in [5.74, 6) is -2.34. The van der Waals surface area contributed by atoms with Crippen LogP contribution < -0.4 is 10.5 Å². The van der Waals surface area contributed by atoms with Crippen LogP contribution in [-0.2, 0) is 25.4 Å². The van der Waals surface area contributed by atoms with Crippen LogP contribution in [0.15, 0.2) is 30.3 Å². The highest BCUT2D eigenvalue weighted by molar-refractivity contribution is 7.88. The molecule has 0 amide bonds. The van der Waals surface area contributed by atoms with Gasteiger partial charge >= 0.3 is 0 Å². The number of unbranched alkanes of at least 4 members (excludes halogenated alkanes) is 1. The minimum Gasteiger partial charge on any atom is -0.330 e. The fourth-order valence-corrected chi connectivity index (χ4v) is 3.55. The van der Waals surface area contributed by atoms with E-state index >= 15 is 0 Å². The maximum atomic E-state index is 12.2. The Kier molecular flexibility index (Phi) is 8.40. The van der Waals surface area contributed by atoms with Crippen LogP contribution in [0.4, 0.5) is 0 Å². The van der Waals surface area contributed by atoms with E-state index < -0.39 is 33.5 Å². The lowest BCUT2D eigenvalue weighted by Crippen LogP contribution is -2.44. The number of halogens is 1. The minimum absolute atomic E-state index is 0.215. The third kappa shape index (κ3) is 7.22. The van der Waals surface area contributed by atoms with Crippen molar-refractivity contribution >= 4 is 33.2 Å². The number of benzene rings is 1. The van der Waals surface area contributed by atoms with E-state index in [2.05, 4.69) is 4.72 Å². The highest BCUT2D eigenvalue weighted by atomic mass is 35.5. The molecule has 0 radical (unpaired) electrons. The van der Waals surface area contributed by atoms with E-state index in [1.807, 2.05) is 0 Å². The quantitative estimate of drug-likeness (QED) is 0.347. The van der Waals surface area contributed by atoms with Crippen LogP contribution >= 0.6 is 11.6 Å². The Balaban J connectivity index is 2.81. The Labute approximate surface area is 141 Å². The molecule has 0 aliphatic carbocycles. The number of carbonyl (C=O) groups is 2. The van der Waals surface area contributed by atoms with Gasteiger partial charge < -0.3 is 5.73 Å². The van der Waals surface area contributed by atoms with Crippen molar-refractivity contribution in [3.63, 3.8) is 0 Å².